The molecule has 150 valence electrons. The minimum atomic E-state index is -4.42. The van der Waals surface area contributed by atoms with E-state index in [-0.39, 0.29) is 24.1 Å². The van der Waals surface area contributed by atoms with Gasteiger partial charge in [-0.25, -0.2) is 0 Å². The van der Waals surface area contributed by atoms with Gasteiger partial charge in [-0.1, -0.05) is 18.2 Å². The molecule has 1 saturated carbocycles. The van der Waals surface area contributed by atoms with E-state index < -0.39 is 29.0 Å². The number of nitrogens with zero attached hydrogens (tertiary/aromatic N) is 1. The number of hydrogen-bond donors (Lipinski definition) is 2. The number of nitrogens with one attached hydrogen (secondary N) is 1. The van der Waals surface area contributed by atoms with E-state index in [0.29, 0.717) is 18.9 Å². The van der Waals surface area contributed by atoms with E-state index >= 15 is 0 Å². The first-order valence-electron chi connectivity index (χ1n) is 9.13. The maximum Gasteiger partial charge on any atom is 0.416 e. The van der Waals surface area contributed by atoms with Gasteiger partial charge in [0, 0.05) is 19.3 Å². The Balaban J connectivity index is 1.57. The van der Waals surface area contributed by atoms with E-state index in [9.17, 15) is 27.9 Å². The molecule has 0 atom stereocenters. The van der Waals surface area contributed by atoms with Gasteiger partial charge in [0.05, 0.1) is 11.1 Å². The van der Waals surface area contributed by atoms with Crippen LogP contribution in [0.4, 0.5) is 13.2 Å². The van der Waals surface area contributed by atoms with Crippen LogP contribution in [0.15, 0.2) is 41.3 Å². The van der Waals surface area contributed by atoms with Crippen LogP contribution in [-0.4, -0.2) is 22.1 Å². The molecule has 3 rings (SSSR count). The van der Waals surface area contributed by atoms with Crippen LogP contribution in [0.3, 0.4) is 0 Å². The van der Waals surface area contributed by atoms with E-state index in [2.05, 4.69) is 5.32 Å². The molecule has 0 spiro atoms. The van der Waals surface area contributed by atoms with Crippen LogP contribution in [-0.2, 0) is 19.1 Å². The van der Waals surface area contributed by atoms with Crippen molar-refractivity contribution in [3.63, 3.8) is 0 Å². The van der Waals surface area contributed by atoms with E-state index in [1.165, 1.54) is 35.0 Å². The number of rotatable bonds is 7. The van der Waals surface area contributed by atoms with Crippen molar-refractivity contribution in [2.24, 2.45) is 5.92 Å². The molecule has 0 saturated heterocycles. The zero-order valence-corrected chi connectivity index (χ0v) is 15.1. The number of benzene rings is 1. The van der Waals surface area contributed by atoms with Crippen LogP contribution in [0.1, 0.15) is 40.7 Å². The Kier molecular flexibility index (Phi) is 5.76. The second-order valence-electron chi connectivity index (χ2n) is 6.99. The predicted octanol–water partition coefficient (Wildman–Crippen LogP) is 3.35. The lowest BCUT2D eigenvalue weighted by Gasteiger charge is -2.13. The van der Waals surface area contributed by atoms with Crippen molar-refractivity contribution in [1.29, 1.82) is 0 Å². The fourth-order valence-corrected chi connectivity index (χ4v) is 3.06. The zero-order valence-electron chi connectivity index (χ0n) is 15.1. The van der Waals surface area contributed by atoms with Gasteiger partial charge in [-0.3, -0.25) is 9.59 Å². The van der Waals surface area contributed by atoms with Crippen molar-refractivity contribution >= 4 is 5.91 Å². The lowest BCUT2D eigenvalue weighted by molar-refractivity contribution is -0.138. The van der Waals surface area contributed by atoms with E-state index in [0.717, 1.165) is 18.9 Å². The van der Waals surface area contributed by atoms with Crippen molar-refractivity contribution < 1.29 is 23.1 Å². The summed E-state index contributed by atoms with van der Waals surface area (Å²) in [5, 5.41) is 12.6. The summed E-state index contributed by atoms with van der Waals surface area (Å²) < 4.78 is 40.3. The Hall–Kier alpha value is -2.77. The number of amides is 1. The highest BCUT2D eigenvalue weighted by atomic mass is 19.4. The van der Waals surface area contributed by atoms with Crippen LogP contribution in [0.5, 0.6) is 5.75 Å². The highest BCUT2D eigenvalue weighted by molar-refractivity contribution is 5.96. The maximum absolute atomic E-state index is 13.0. The first kappa shape index (κ1) is 20.0. The Labute approximate surface area is 159 Å². The lowest BCUT2D eigenvalue weighted by atomic mass is 10.0. The van der Waals surface area contributed by atoms with Gasteiger partial charge in [0.15, 0.2) is 5.75 Å². The number of alkyl halides is 3. The molecule has 0 bridgehead atoms. The highest BCUT2D eigenvalue weighted by Gasteiger charge is 2.32. The smallest absolute Gasteiger partial charge is 0.416 e. The zero-order chi connectivity index (χ0) is 20.3. The minimum Gasteiger partial charge on any atom is -0.502 e. The molecule has 0 unspecified atom stereocenters. The second-order valence-corrected chi connectivity index (χ2v) is 6.99. The molecule has 8 heteroatoms. The Morgan fingerprint density at radius 1 is 1.21 bits per heavy atom. The maximum atomic E-state index is 13.0. The van der Waals surface area contributed by atoms with Crippen LogP contribution in [0, 0.1) is 5.92 Å². The number of carbonyl (C=O) groups is 1. The van der Waals surface area contributed by atoms with Crippen LogP contribution in [0.2, 0.25) is 0 Å². The van der Waals surface area contributed by atoms with E-state index in [1.54, 1.807) is 0 Å². The van der Waals surface area contributed by atoms with Gasteiger partial charge in [0.1, 0.15) is 0 Å². The predicted molar refractivity (Wildman–Crippen MR) is 97.2 cm³/mol. The van der Waals surface area contributed by atoms with Crippen molar-refractivity contribution in [1.82, 2.24) is 9.88 Å². The van der Waals surface area contributed by atoms with Gasteiger partial charge < -0.3 is 15.0 Å². The monoisotopic (exact) mass is 394 g/mol. The molecule has 2 N–H and O–H groups in total. The molecule has 1 aromatic carbocycles. The normalized spacial score (nSPS) is 14.1. The van der Waals surface area contributed by atoms with Crippen molar-refractivity contribution in [2.45, 2.75) is 38.4 Å². The summed E-state index contributed by atoms with van der Waals surface area (Å²) >= 11 is 0. The summed E-state index contributed by atoms with van der Waals surface area (Å²) in [5.74, 6) is -0.795. The molecule has 1 fully saturated rings. The van der Waals surface area contributed by atoms with Gasteiger partial charge in [-0.2, -0.15) is 13.2 Å². The number of aromatic hydroxyl groups is 1. The van der Waals surface area contributed by atoms with Gasteiger partial charge in [-0.05, 0) is 49.3 Å². The molecule has 1 aliphatic rings. The Bertz CT molecular complexity index is 918. The van der Waals surface area contributed by atoms with Crippen LogP contribution < -0.4 is 10.9 Å². The molecule has 28 heavy (non-hydrogen) atoms. The average Bonchev–Trinajstić information content (AvgIpc) is 3.46. The quantitative estimate of drug-likeness (QED) is 0.708. The van der Waals surface area contributed by atoms with Crippen LogP contribution in [0.25, 0.3) is 0 Å². The third kappa shape index (κ3) is 4.74. The number of hydrogen-bond acceptors (Lipinski definition) is 3. The summed E-state index contributed by atoms with van der Waals surface area (Å²) in [6, 6.07) is 6.70. The number of aromatic nitrogens is 1. The fourth-order valence-electron chi connectivity index (χ4n) is 3.06. The second kappa shape index (κ2) is 8.08. The number of pyridine rings is 1. The number of aryl methyl sites for hydroxylation is 1. The summed E-state index contributed by atoms with van der Waals surface area (Å²) in [7, 11) is 0. The Morgan fingerprint density at radius 3 is 2.61 bits per heavy atom. The largest absolute Gasteiger partial charge is 0.502 e. The van der Waals surface area contributed by atoms with E-state index in [4.69, 9.17) is 0 Å². The molecule has 5 nitrogen and oxygen atoms in total. The summed E-state index contributed by atoms with van der Waals surface area (Å²) in [6.45, 7) is 0.641. The lowest BCUT2D eigenvalue weighted by Crippen LogP contribution is -2.28. The molecular weight excluding hydrogens is 373 g/mol. The molecule has 1 aliphatic carbocycles. The number of halogens is 3. The molecular formula is C20H21F3N2O3. The first-order valence-corrected chi connectivity index (χ1v) is 9.13. The standard InChI is InChI=1S/C20H21F3N2O3/c21-20(22,23)16-6-2-1-4-14(16)5-3-10-24-18(27)15-9-11-25(12-13-7-8-13)19(28)17(15)26/h1-2,4,6,9,11,13,26H,3,5,7-8,10,12H2,(H,24,27). The summed E-state index contributed by atoms with van der Waals surface area (Å²) in [6.07, 6.45) is -0.409. The Morgan fingerprint density at radius 2 is 1.93 bits per heavy atom. The van der Waals surface area contributed by atoms with Crippen molar-refractivity contribution in [2.75, 3.05) is 6.54 Å². The minimum absolute atomic E-state index is 0.121. The van der Waals surface area contributed by atoms with E-state index in [1.807, 2.05) is 0 Å². The SMILES string of the molecule is O=C(NCCCc1ccccc1C(F)(F)F)c1ccn(CC2CC2)c(=O)c1O. The third-order valence-electron chi connectivity index (χ3n) is 4.77. The van der Waals surface area contributed by atoms with Crippen molar-refractivity contribution in [3.8, 4) is 5.75 Å². The topological polar surface area (TPSA) is 71.3 Å². The molecule has 0 radical (unpaired) electrons. The summed E-state index contributed by atoms with van der Waals surface area (Å²) in [5.41, 5.74) is -1.26. The molecule has 1 amide bonds. The first-order chi connectivity index (χ1) is 13.3. The van der Waals surface area contributed by atoms with Gasteiger partial charge >= 0.3 is 6.18 Å². The molecule has 2 aromatic rings. The average molecular weight is 394 g/mol. The molecule has 1 aromatic heterocycles. The number of carbonyl (C=O) groups excluding carboxylic acids is 1. The molecule has 1 heterocycles. The van der Waals surface area contributed by atoms with Gasteiger partial charge in [0.25, 0.3) is 11.5 Å². The third-order valence-corrected chi connectivity index (χ3v) is 4.77. The fraction of sp³-hybridized carbons (Fsp3) is 0.400. The molecule has 0 aliphatic heterocycles. The highest BCUT2D eigenvalue weighted by Crippen LogP contribution is 2.32. The van der Waals surface area contributed by atoms with Gasteiger partial charge in [-0.15, -0.1) is 0 Å². The van der Waals surface area contributed by atoms with Gasteiger partial charge in [0.2, 0.25) is 0 Å². The van der Waals surface area contributed by atoms with Crippen molar-refractivity contribution in [3.05, 3.63) is 63.6 Å². The van der Waals surface area contributed by atoms with Crippen LogP contribution >= 0.6 is 0 Å². The summed E-state index contributed by atoms with van der Waals surface area (Å²) in [4.78, 5) is 24.3.